The average molecular weight is 980 g/mol. The minimum absolute atomic E-state index is 0. The SMILES string of the molecule is CC.CCC(=O)CCC1C(=O)C1S(=O)(=S)O[O-].CCC(=O)CCCC(=O)CCl.CCCC(=O)CC.CCCCCC(=O)CC.O=C(Cl)CCl.O=S=S(=O)=O.[Na+].[Na][Na]. The molecule has 1 saturated carbocycles. The maximum absolute atomic E-state index is 11.2. The molecule has 0 amide bonds. The van der Waals surface area contributed by atoms with E-state index in [4.69, 9.17) is 47.4 Å². The number of rotatable bonds is 21. The molecule has 322 valence electrons. The molecule has 0 aromatic rings. The van der Waals surface area contributed by atoms with Crippen LogP contribution < -0.4 is 34.8 Å². The number of carbonyl (C=O) groups excluding carboxylic acids is 7. The van der Waals surface area contributed by atoms with E-state index in [-0.39, 0.29) is 70.9 Å². The van der Waals surface area contributed by atoms with Crippen LogP contribution in [0.2, 0.25) is 0 Å². The summed E-state index contributed by atoms with van der Waals surface area (Å²) in [6.45, 7) is 15.5. The Morgan fingerprint density at radius 3 is 1.37 bits per heavy atom. The van der Waals surface area contributed by atoms with Gasteiger partial charge in [-0.2, -0.15) is 12.6 Å². The molecular weight excluding hydrogens is 920 g/mol. The van der Waals surface area contributed by atoms with Crippen molar-refractivity contribution in [3.05, 3.63) is 0 Å². The van der Waals surface area contributed by atoms with E-state index < -0.39 is 44.7 Å². The molecule has 0 radical (unpaired) electrons. The van der Waals surface area contributed by atoms with Gasteiger partial charge in [0.25, 0.3) is 0 Å². The van der Waals surface area contributed by atoms with Gasteiger partial charge in [-0.1, -0.05) is 68.2 Å². The molecule has 3 atom stereocenters. The van der Waals surface area contributed by atoms with Gasteiger partial charge in [-0.15, -0.1) is 23.2 Å². The van der Waals surface area contributed by atoms with Gasteiger partial charge in [0.1, 0.15) is 42.9 Å². The van der Waals surface area contributed by atoms with Crippen molar-refractivity contribution in [1.29, 1.82) is 0 Å². The molecule has 1 aliphatic carbocycles. The van der Waals surface area contributed by atoms with Gasteiger partial charge in [-0.3, -0.25) is 33.6 Å². The molecule has 0 aromatic carbocycles. The van der Waals surface area contributed by atoms with E-state index >= 15 is 0 Å². The Morgan fingerprint density at radius 2 is 1.09 bits per heavy atom. The first-order chi connectivity index (χ1) is 26.3. The summed E-state index contributed by atoms with van der Waals surface area (Å²) in [5.41, 5.74) is 0. The summed E-state index contributed by atoms with van der Waals surface area (Å²) in [6, 6.07) is 0. The van der Waals surface area contributed by atoms with E-state index in [0.29, 0.717) is 62.9 Å². The van der Waals surface area contributed by atoms with E-state index in [0.717, 1.165) is 25.7 Å². The summed E-state index contributed by atoms with van der Waals surface area (Å²) in [4.78, 5) is 74.0. The number of Topliss-reactive ketones (excluding diaryl/α,β-unsaturated/α-hetero) is 6. The van der Waals surface area contributed by atoms with Crippen LogP contribution in [-0.4, -0.2) is 117 Å². The molecule has 0 heterocycles. The number of hydrogen-bond acceptors (Lipinski definition) is 14. The molecule has 1 fully saturated rings. The van der Waals surface area contributed by atoms with Crippen LogP contribution in [0.25, 0.3) is 0 Å². The summed E-state index contributed by atoms with van der Waals surface area (Å²) in [6.07, 6.45) is 10.6. The van der Waals surface area contributed by atoms with E-state index in [1.807, 2.05) is 41.5 Å². The van der Waals surface area contributed by atoms with E-state index in [9.17, 15) is 43.0 Å². The summed E-state index contributed by atoms with van der Waals surface area (Å²) < 4.78 is 41.6. The Hall–Kier alpha value is 1.69. The second-order valence-corrected chi connectivity index (χ2v) is 16.3. The van der Waals surface area contributed by atoms with Crippen LogP contribution in [0, 0.1) is 5.92 Å². The predicted octanol–water partition coefficient (Wildman–Crippen LogP) is 2.77. The number of unbranched alkanes of at least 4 members (excludes halogenated alkanes) is 2. The molecule has 0 bridgehead atoms. The van der Waals surface area contributed by atoms with Crippen LogP contribution in [0.3, 0.4) is 0 Å². The second kappa shape index (κ2) is 57.7. The Balaban J connectivity index is -0.0000000859. The zero-order valence-electron chi connectivity index (χ0n) is 35.7. The zero-order chi connectivity index (χ0) is 45.7. The number of alkyl halides is 2. The first-order valence-corrected chi connectivity index (χ1v) is 32.9. The third kappa shape index (κ3) is 62.1. The van der Waals surface area contributed by atoms with Crippen LogP contribution in [0.1, 0.15) is 152 Å². The fourth-order valence-electron chi connectivity index (χ4n) is 3.37. The molecule has 0 N–H and O–H groups in total. The van der Waals surface area contributed by atoms with Crippen molar-refractivity contribution in [3.8, 4) is 0 Å². The van der Waals surface area contributed by atoms with Crippen molar-refractivity contribution in [2.75, 3.05) is 11.8 Å². The normalized spacial score (nSPS) is 13.4. The summed E-state index contributed by atoms with van der Waals surface area (Å²) in [5, 5.41) is 8.53. The van der Waals surface area contributed by atoms with Crippen molar-refractivity contribution in [1.82, 2.24) is 0 Å². The quantitative estimate of drug-likeness (QED) is 0.0404. The molecule has 0 spiro atoms. The average Bonchev–Trinajstić information content (AvgIpc) is 3.88. The van der Waals surface area contributed by atoms with Gasteiger partial charge in [0.2, 0.25) is 15.5 Å². The Labute approximate surface area is 416 Å². The van der Waals surface area contributed by atoms with E-state index in [1.165, 1.54) is 56.5 Å². The van der Waals surface area contributed by atoms with Crippen LogP contribution in [0.15, 0.2) is 0 Å². The first kappa shape index (κ1) is 76.0. The molecule has 13 nitrogen and oxygen atoms in total. The molecule has 0 aromatic heterocycles. The van der Waals surface area contributed by atoms with Crippen LogP contribution in [0.4, 0.5) is 0 Å². The van der Waals surface area contributed by atoms with Crippen LogP contribution >= 0.6 is 34.8 Å². The second-order valence-electron chi connectivity index (χ2n) is 10.6. The Kier molecular flexibility index (Phi) is 76.9. The van der Waals surface area contributed by atoms with Crippen molar-refractivity contribution in [2.45, 2.75) is 157 Å². The number of halogens is 3. The molecule has 0 aliphatic heterocycles. The fourth-order valence-corrected chi connectivity index (χ4v) is 5.33. The molecule has 1 rings (SSSR count). The number of hydrogen-bond donors (Lipinski definition) is 0. The van der Waals surface area contributed by atoms with Crippen molar-refractivity contribution in [2.24, 2.45) is 5.92 Å². The van der Waals surface area contributed by atoms with Gasteiger partial charge in [-0.25, -0.2) is 4.21 Å². The fraction of sp³-hybridized carbons (Fsp3) is 0.794. The summed E-state index contributed by atoms with van der Waals surface area (Å²) >= 11 is 22.1. The number of ketones is 6. The van der Waals surface area contributed by atoms with Gasteiger partial charge in [0.15, 0.2) is 5.78 Å². The summed E-state index contributed by atoms with van der Waals surface area (Å²) in [7, 11) is -6.38. The summed E-state index contributed by atoms with van der Waals surface area (Å²) in [5.74, 6) is 0.178. The molecule has 23 heteroatoms. The van der Waals surface area contributed by atoms with Crippen LogP contribution in [-0.2, 0) is 77.3 Å². The monoisotopic (exact) mass is 978 g/mol. The molecular formula is C34H60Cl3Na3O13S4. The Morgan fingerprint density at radius 1 is 0.737 bits per heavy atom. The van der Waals surface area contributed by atoms with Gasteiger partial charge in [0.05, 0.1) is 11.8 Å². The minimum atomic E-state index is -3.46. The van der Waals surface area contributed by atoms with Gasteiger partial charge >= 0.3 is 82.4 Å². The van der Waals surface area contributed by atoms with E-state index in [1.54, 1.807) is 6.92 Å². The molecule has 1 aliphatic rings. The molecule has 57 heavy (non-hydrogen) atoms. The molecule has 0 saturated heterocycles. The van der Waals surface area contributed by atoms with Crippen molar-refractivity contribution >= 4 is 158 Å². The standard InChI is InChI=1S/C8H13ClO2.C8H12O5S2.C8H16O.C6H12O.C2H2Cl2O.C2H6.3Na.O3S2/c1-2-7(10)4-3-5-8(11)6-9;1-2-5(9)3-4-6-7(10)8(6)15(12,14)13-11;1-3-5-6-7-8(9)4-2;1-3-5-6(7)4-2;3-1-2(4)5;1-2;;;;1-4-5(2)3/h2-6H2,1H3;6,8,11H,2-4H2,1H3;3-7H2,1-2H3;3-5H2,1-2H3;1H2;1-2H3;;;;/q;;;;;;;;+1;/p-1. The third-order valence-corrected chi connectivity index (χ3v) is 9.85. The van der Waals surface area contributed by atoms with Crippen LogP contribution in [0.5, 0.6) is 0 Å². The first-order valence-electron chi connectivity index (χ1n) is 18.7. The predicted molar refractivity (Wildman–Crippen MR) is 229 cm³/mol. The van der Waals surface area contributed by atoms with Crippen molar-refractivity contribution < 1.29 is 89.5 Å². The van der Waals surface area contributed by atoms with E-state index in [2.05, 4.69) is 22.4 Å². The number of carbonyl (C=O) groups is 7. The Bertz CT molecular complexity index is 1330. The van der Waals surface area contributed by atoms with Gasteiger partial charge < -0.3 is 9.59 Å². The molecule has 3 unspecified atom stereocenters. The maximum atomic E-state index is 11.2. The van der Waals surface area contributed by atoms with Gasteiger partial charge in [-0.05, 0) is 37.3 Å². The van der Waals surface area contributed by atoms with Crippen molar-refractivity contribution in [3.63, 3.8) is 0 Å². The topological polar surface area (TPSA) is 220 Å². The third-order valence-electron chi connectivity index (χ3n) is 6.43. The zero-order valence-corrected chi connectivity index (χ0v) is 47.3. The van der Waals surface area contributed by atoms with Gasteiger partial charge in [0, 0.05) is 74.9 Å².